The van der Waals surface area contributed by atoms with Crippen molar-refractivity contribution in [1.29, 1.82) is 0 Å². The SMILES string of the molecule is CC[C@H]1O[C@@H](OC(C)=O)[C@H](NC(C)=O)[C@@H](OC(C)=O)[C@H]1C.CC[C@H]1O[C@@H]2OC(C)=N[C@@H]2[C@@H](OC(C)=O)[C@H]1C. The Morgan fingerprint density at radius 1 is 0.816 bits per heavy atom. The Morgan fingerprint density at radius 2 is 1.32 bits per heavy atom. The number of nitrogens with one attached hydrogen (secondary N) is 1. The molecule has 0 bridgehead atoms. The maximum atomic E-state index is 11.4. The molecule has 3 aliphatic rings. The van der Waals surface area contributed by atoms with Crippen LogP contribution in [0, 0.1) is 11.8 Å². The number of carbonyl (C=O) groups is 4. The minimum Gasteiger partial charge on any atom is -0.460 e. The summed E-state index contributed by atoms with van der Waals surface area (Å²) in [5.41, 5.74) is 0. The van der Waals surface area contributed by atoms with Crippen LogP contribution in [0.15, 0.2) is 4.99 Å². The fourth-order valence-electron chi connectivity index (χ4n) is 5.10. The average molecular weight is 543 g/mol. The van der Waals surface area contributed by atoms with Crippen molar-refractivity contribution < 1.29 is 47.6 Å². The van der Waals surface area contributed by atoms with Crippen molar-refractivity contribution in [3.05, 3.63) is 0 Å². The molecule has 1 N–H and O–H groups in total. The second kappa shape index (κ2) is 13.9. The number of carbonyl (C=O) groups excluding carboxylic acids is 4. The first-order valence-corrected chi connectivity index (χ1v) is 13.1. The van der Waals surface area contributed by atoms with Crippen LogP contribution in [0.1, 0.15) is 75.2 Å². The lowest BCUT2D eigenvalue weighted by atomic mass is 9.87. The lowest BCUT2D eigenvalue weighted by Crippen LogP contribution is -2.62. The van der Waals surface area contributed by atoms with E-state index in [4.69, 9.17) is 28.4 Å². The molecule has 2 saturated heterocycles. The monoisotopic (exact) mass is 542 g/mol. The number of nitrogens with zero attached hydrogens (tertiary/aromatic N) is 1. The van der Waals surface area contributed by atoms with Crippen molar-refractivity contribution in [3.8, 4) is 0 Å². The zero-order valence-electron chi connectivity index (χ0n) is 23.7. The standard InChI is InChI=1S/C14H23NO6.C12H19NO4/c1-6-11-7(2)13(19-9(4)17)12(15-8(3)16)14(21-11)20-10(5)18;1-5-9-6(2)11(16-8(4)14)10-12(17-9)15-7(3)13-10/h7,11-14H,6H2,1-5H3,(H,15,16);6,9-12H,5H2,1-4H3/t7-,11+,12+,13-,14+;6-,9+,10+,11-,12-/m00/s1. The molecule has 0 aromatic rings. The van der Waals surface area contributed by atoms with Crippen molar-refractivity contribution in [1.82, 2.24) is 5.32 Å². The van der Waals surface area contributed by atoms with Gasteiger partial charge in [-0.25, -0.2) is 4.99 Å². The van der Waals surface area contributed by atoms with Gasteiger partial charge < -0.3 is 33.7 Å². The topological polar surface area (TPSA) is 148 Å². The Labute approximate surface area is 224 Å². The summed E-state index contributed by atoms with van der Waals surface area (Å²) in [5, 5.41) is 2.65. The highest BCUT2D eigenvalue weighted by atomic mass is 16.7. The summed E-state index contributed by atoms with van der Waals surface area (Å²) in [5.74, 6) is -0.994. The molecule has 0 unspecified atom stereocenters. The normalized spacial score (nSPS) is 35.8. The Kier molecular flexibility index (Phi) is 11.5. The van der Waals surface area contributed by atoms with E-state index in [1.807, 2.05) is 20.8 Å². The van der Waals surface area contributed by atoms with E-state index in [1.54, 1.807) is 6.92 Å². The number of ether oxygens (including phenoxy) is 6. The molecule has 0 aromatic carbocycles. The van der Waals surface area contributed by atoms with Crippen molar-refractivity contribution in [3.63, 3.8) is 0 Å². The smallest absolute Gasteiger partial charge is 0.305 e. The molecule has 0 radical (unpaired) electrons. The lowest BCUT2D eigenvalue weighted by Gasteiger charge is -2.44. The predicted octanol–water partition coefficient (Wildman–Crippen LogP) is 2.26. The Balaban J connectivity index is 0.000000272. The summed E-state index contributed by atoms with van der Waals surface area (Å²) < 4.78 is 32.9. The first-order valence-electron chi connectivity index (χ1n) is 13.1. The number of aliphatic imine (C=N–C) groups is 1. The molecule has 3 rings (SSSR count). The van der Waals surface area contributed by atoms with Gasteiger partial charge in [0.05, 0.1) is 12.2 Å². The highest BCUT2D eigenvalue weighted by Crippen LogP contribution is 2.35. The van der Waals surface area contributed by atoms with Crippen LogP contribution in [-0.4, -0.2) is 78.8 Å². The van der Waals surface area contributed by atoms with E-state index in [0.717, 1.165) is 6.42 Å². The van der Waals surface area contributed by atoms with E-state index in [0.29, 0.717) is 12.3 Å². The van der Waals surface area contributed by atoms with Crippen LogP contribution in [0.3, 0.4) is 0 Å². The highest BCUT2D eigenvalue weighted by molar-refractivity contribution is 5.75. The van der Waals surface area contributed by atoms with Crippen molar-refractivity contribution in [2.45, 2.75) is 124 Å². The van der Waals surface area contributed by atoms with Crippen LogP contribution >= 0.6 is 0 Å². The van der Waals surface area contributed by atoms with Gasteiger partial charge in [0.1, 0.15) is 18.2 Å². The third-order valence-electron chi connectivity index (χ3n) is 6.77. The van der Waals surface area contributed by atoms with Gasteiger partial charge in [0.2, 0.25) is 18.5 Å². The molecule has 10 atom stereocenters. The molecule has 3 heterocycles. The molecule has 0 spiro atoms. The largest absolute Gasteiger partial charge is 0.460 e. The summed E-state index contributed by atoms with van der Waals surface area (Å²) in [6, 6.07) is -0.954. The summed E-state index contributed by atoms with van der Waals surface area (Å²) in [4.78, 5) is 49.5. The minimum absolute atomic E-state index is 0.0432. The minimum atomic E-state index is -0.975. The predicted molar refractivity (Wildman–Crippen MR) is 135 cm³/mol. The Hall–Kier alpha value is -2.73. The molecule has 1 amide bonds. The van der Waals surface area contributed by atoms with Gasteiger partial charge in [-0.15, -0.1) is 0 Å². The quantitative estimate of drug-likeness (QED) is 0.391. The number of hydrogen-bond acceptors (Lipinski definition) is 11. The van der Waals surface area contributed by atoms with Crippen LogP contribution in [0.25, 0.3) is 0 Å². The van der Waals surface area contributed by atoms with Crippen LogP contribution in [0.2, 0.25) is 0 Å². The third kappa shape index (κ3) is 8.13. The molecule has 0 aliphatic carbocycles. The van der Waals surface area contributed by atoms with Gasteiger partial charge in [0, 0.05) is 46.5 Å². The number of fused-ring (bicyclic) bond motifs is 1. The van der Waals surface area contributed by atoms with E-state index < -0.39 is 36.7 Å². The van der Waals surface area contributed by atoms with Gasteiger partial charge in [-0.1, -0.05) is 27.7 Å². The van der Waals surface area contributed by atoms with Crippen LogP contribution in [0.5, 0.6) is 0 Å². The number of rotatable bonds is 6. The molecule has 12 heteroatoms. The fourth-order valence-corrected chi connectivity index (χ4v) is 5.10. The molecule has 38 heavy (non-hydrogen) atoms. The van der Waals surface area contributed by atoms with Crippen LogP contribution < -0.4 is 5.32 Å². The lowest BCUT2D eigenvalue weighted by molar-refractivity contribution is -0.246. The van der Waals surface area contributed by atoms with E-state index >= 15 is 0 Å². The summed E-state index contributed by atoms with van der Waals surface area (Å²) in [6.07, 6.45) is -0.903. The molecular weight excluding hydrogens is 500 g/mol. The van der Waals surface area contributed by atoms with E-state index in [9.17, 15) is 19.2 Å². The molecule has 12 nitrogen and oxygen atoms in total. The molecular formula is C26H42N2O10. The zero-order chi connectivity index (χ0) is 28.7. The van der Waals surface area contributed by atoms with Gasteiger partial charge in [-0.05, 0) is 12.8 Å². The van der Waals surface area contributed by atoms with E-state index in [2.05, 4.69) is 17.2 Å². The average Bonchev–Trinajstić information content (AvgIpc) is 3.19. The fraction of sp³-hybridized carbons (Fsp3) is 0.808. The maximum Gasteiger partial charge on any atom is 0.305 e. The number of amides is 1. The van der Waals surface area contributed by atoms with Crippen molar-refractivity contribution in [2.75, 3.05) is 0 Å². The van der Waals surface area contributed by atoms with Crippen LogP contribution in [-0.2, 0) is 47.6 Å². The highest BCUT2D eigenvalue weighted by Gasteiger charge is 2.49. The summed E-state index contributed by atoms with van der Waals surface area (Å²) in [6.45, 7) is 15.0. The number of esters is 3. The third-order valence-corrected chi connectivity index (χ3v) is 6.77. The first kappa shape index (κ1) is 31.5. The van der Waals surface area contributed by atoms with Gasteiger partial charge in [0.25, 0.3) is 0 Å². The van der Waals surface area contributed by atoms with Gasteiger partial charge in [0.15, 0.2) is 11.9 Å². The number of hydrogen-bond donors (Lipinski definition) is 1. The van der Waals surface area contributed by atoms with Gasteiger partial charge in [-0.3, -0.25) is 19.2 Å². The van der Waals surface area contributed by atoms with Crippen molar-refractivity contribution >= 4 is 29.7 Å². The second-order valence-corrected chi connectivity index (χ2v) is 9.86. The van der Waals surface area contributed by atoms with Gasteiger partial charge >= 0.3 is 17.9 Å². The second-order valence-electron chi connectivity index (χ2n) is 9.86. The summed E-state index contributed by atoms with van der Waals surface area (Å²) >= 11 is 0. The molecule has 3 aliphatic heterocycles. The molecule has 0 saturated carbocycles. The molecule has 2 fully saturated rings. The van der Waals surface area contributed by atoms with Gasteiger partial charge in [-0.2, -0.15) is 0 Å². The first-order chi connectivity index (χ1) is 17.8. The molecule has 216 valence electrons. The van der Waals surface area contributed by atoms with Crippen LogP contribution in [0.4, 0.5) is 0 Å². The Morgan fingerprint density at radius 3 is 1.82 bits per heavy atom. The maximum absolute atomic E-state index is 11.4. The van der Waals surface area contributed by atoms with Crippen molar-refractivity contribution in [2.24, 2.45) is 16.8 Å². The van der Waals surface area contributed by atoms with E-state index in [1.165, 1.54) is 27.7 Å². The zero-order valence-corrected chi connectivity index (χ0v) is 23.7. The summed E-state index contributed by atoms with van der Waals surface area (Å²) in [7, 11) is 0. The molecule has 0 aromatic heterocycles. The van der Waals surface area contributed by atoms with E-state index in [-0.39, 0.29) is 48.1 Å². The Bertz CT molecular complexity index is 893.